The van der Waals surface area contributed by atoms with Gasteiger partial charge in [-0.25, -0.2) is 9.59 Å². The summed E-state index contributed by atoms with van der Waals surface area (Å²) in [6, 6.07) is 32.3. The Kier molecular flexibility index (Phi) is 5.84. The molecular weight excluding hydrogens is 450 g/mol. The summed E-state index contributed by atoms with van der Waals surface area (Å²) >= 11 is 0. The highest BCUT2D eigenvalue weighted by atomic mass is 16.6. The topological polar surface area (TPSA) is 55.8 Å². The molecule has 2 bridgehead atoms. The van der Waals surface area contributed by atoms with Gasteiger partial charge in [0.15, 0.2) is 11.5 Å². The maximum atomic E-state index is 12.9. The minimum Gasteiger partial charge on any atom is -0.419 e. The average molecular weight is 476 g/mol. The number of fused-ring (bicyclic) bond motifs is 5. The van der Waals surface area contributed by atoms with Crippen molar-refractivity contribution in [1.29, 1.82) is 0 Å². The number of benzene rings is 4. The van der Waals surface area contributed by atoms with Crippen LogP contribution in [0.5, 0.6) is 11.5 Å². The molecule has 0 radical (unpaired) electrons. The quantitative estimate of drug-likeness (QED) is 0.235. The third kappa shape index (κ3) is 4.18. The van der Waals surface area contributed by atoms with Gasteiger partial charge in [0.2, 0.25) is 0 Å². The molecule has 4 aromatic rings. The zero-order chi connectivity index (χ0) is 24.5. The molecule has 0 amide bonds. The molecular formula is C31H25NO4. The van der Waals surface area contributed by atoms with E-state index < -0.39 is 11.9 Å². The Morgan fingerprint density at radius 3 is 1.50 bits per heavy atom. The van der Waals surface area contributed by atoms with Crippen LogP contribution in [0.3, 0.4) is 0 Å². The lowest BCUT2D eigenvalue weighted by molar-refractivity contribution is 0.0682. The smallest absolute Gasteiger partial charge is 0.343 e. The average Bonchev–Trinajstić information content (AvgIpc) is 3.45. The van der Waals surface area contributed by atoms with Crippen LogP contribution in [0.15, 0.2) is 103 Å². The van der Waals surface area contributed by atoms with Gasteiger partial charge in [0.25, 0.3) is 0 Å². The molecule has 2 atom stereocenters. The van der Waals surface area contributed by atoms with Crippen LogP contribution < -0.4 is 9.47 Å². The van der Waals surface area contributed by atoms with E-state index in [0.717, 1.165) is 30.5 Å². The van der Waals surface area contributed by atoms with Gasteiger partial charge in [-0.2, -0.15) is 0 Å². The first-order valence-corrected chi connectivity index (χ1v) is 12.2. The highest BCUT2D eigenvalue weighted by molar-refractivity contribution is 5.93. The summed E-state index contributed by atoms with van der Waals surface area (Å²) in [4.78, 5) is 28.3. The van der Waals surface area contributed by atoms with Gasteiger partial charge in [-0.15, -0.1) is 0 Å². The molecule has 2 aliphatic rings. The summed E-state index contributed by atoms with van der Waals surface area (Å²) in [5, 5.41) is 0. The third-order valence-electron chi connectivity index (χ3n) is 7.01. The molecule has 0 aromatic heterocycles. The number of carbonyl (C=O) groups excluding carboxylic acids is 2. The first-order valence-electron chi connectivity index (χ1n) is 12.2. The molecule has 5 nitrogen and oxygen atoms in total. The van der Waals surface area contributed by atoms with E-state index in [1.54, 1.807) is 48.5 Å². The van der Waals surface area contributed by atoms with Crippen LogP contribution in [0.2, 0.25) is 0 Å². The molecule has 0 saturated carbocycles. The largest absolute Gasteiger partial charge is 0.419 e. The van der Waals surface area contributed by atoms with E-state index in [4.69, 9.17) is 9.47 Å². The summed E-state index contributed by atoms with van der Waals surface area (Å²) < 4.78 is 11.6. The Labute approximate surface area is 209 Å². The van der Waals surface area contributed by atoms with Crippen LogP contribution in [0.1, 0.15) is 62.3 Å². The predicted molar refractivity (Wildman–Crippen MR) is 136 cm³/mol. The molecule has 2 unspecified atom stereocenters. The number of ether oxygens (including phenoxy) is 2. The van der Waals surface area contributed by atoms with E-state index in [2.05, 4.69) is 29.2 Å². The van der Waals surface area contributed by atoms with Gasteiger partial charge in [0, 0.05) is 18.6 Å². The minimum absolute atomic E-state index is 0.234. The Bertz CT molecular complexity index is 1310. The van der Waals surface area contributed by atoms with Gasteiger partial charge in [-0.1, -0.05) is 66.7 Å². The van der Waals surface area contributed by atoms with Crippen molar-refractivity contribution in [2.45, 2.75) is 31.5 Å². The van der Waals surface area contributed by atoms with Gasteiger partial charge in [-0.05, 0) is 65.9 Å². The second-order valence-corrected chi connectivity index (χ2v) is 9.21. The molecule has 36 heavy (non-hydrogen) atoms. The number of rotatable bonds is 6. The van der Waals surface area contributed by atoms with Crippen molar-refractivity contribution in [2.75, 3.05) is 0 Å². The van der Waals surface area contributed by atoms with E-state index >= 15 is 0 Å². The zero-order valence-corrected chi connectivity index (χ0v) is 19.7. The fraction of sp³-hybridized carbons (Fsp3) is 0.161. The highest BCUT2D eigenvalue weighted by Crippen LogP contribution is 2.56. The summed E-state index contributed by atoms with van der Waals surface area (Å²) in [6.45, 7) is 0.836. The van der Waals surface area contributed by atoms with Crippen LogP contribution in [0.4, 0.5) is 0 Å². The standard InChI is InChI=1S/C31H25NO4/c33-30(22-12-6-2-7-13-22)35-28-18-24-25(19-29(28)36-31(34)23-14-8-3-9-15-23)27-17-16-26(24)32(27)20-21-10-4-1-5-11-21/h1-15,18-19,26-27H,16-17,20H2. The van der Waals surface area contributed by atoms with Crippen LogP contribution in [0, 0.1) is 0 Å². The van der Waals surface area contributed by atoms with E-state index in [-0.39, 0.29) is 23.6 Å². The number of carbonyl (C=O) groups is 2. The number of hydrogen-bond donors (Lipinski definition) is 0. The Morgan fingerprint density at radius 2 is 1.06 bits per heavy atom. The van der Waals surface area contributed by atoms with E-state index in [1.807, 2.05) is 30.3 Å². The van der Waals surface area contributed by atoms with E-state index in [9.17, 15) is 9.59 Å². The predicted octanol–water partition coefficient (Wildman–Crippen LogP) is 6.52. The fourth-order valence-corrected chi connectivity index (χ4v) is 5.34. The molecule has 2 heterocycles. The monoisotopic (exact) mass is 475 g/mol. The summed E-state index contributed by atoms with van der Waals surface area (Å²) in [6.07, 6.45) is 2.08. The Balaban J connectivity index is 1.35. The first kappa shape index (κ1) is 22.3. The number of esters is 2. The molecule has 2 aliphatic heterocycles. The third-order valence-corrected chi connectivity index (χ3v) is 7.01. The Morgan fingerprint density at radius 1 is 0.639 bits per heavy atom. The van der Waals surface area contributed by atoms with Crippen LogP contribution >= 0.6 is 0 Å². The molecule has 5 heteroatoms. The summed E-state index contributed by atoms with van der Waals surface area (Å²) in [5.41, 5.74) is 4.40. The lowest BCUT2D eigenvalue weighted by Crippen LogP contribution is -2.18. The minimum atomic E-state index is -0.489. The normalized spacial score (nSPS) is 18.0. The van der Waals surface area contributed by atoms with Crippen LogP contribution in [-0.2, 0) is 6.54 Å². The SMILES string of the molecule is O=C(Oc1cc2c(cc1OC(=O)c1ccccc1)C1CCC2N1Cc1ccccc1)c1ccccc1. The van der Waals surface area contributed by atoms with Crippen molar-refractivity contribution in [1.82, 2.24) is 4.90 Å². The maximum absolute atomic E-state index is 12.9. The Hall–Kier alpha value is -4.22. The molecule has 0 spiro atoms. The van der Waals surface area contributed by atoms with E-state index in [0.29, 0.717) is 11.1 Å². The van der Waals surface area contributed by atoms with Crippen molar-refractivity contribution in [3.63, 3.8) is 0 Å². The number of nitrogens with zero attached hydrogens (tertiary/aromatic N) is 1. The maximum Gasteiger partial charge on any atom is 0.343 e. The lowest BCUT2D eigenvalue weighted by Gasteiger charge is -2.22. The molecule has 4 aromatic carbocycles. The van der Waals surface area contributed by atoms with Crippen LogP contribution in [0.25, 0.3) is 0 Å². The molecule has 0 aliphatic carbocycles. The van der Waals surface area contributed by atoms with Gasteiger partial charge in [0.05, 0.1) is 11.1 Å². The van der Waals surface area contributed by atoms with Crippen molar-refractivity contribution >= 4 is 11.9 Å². The molecule has 1 saturated heterocycles. The van der Waals surface area contributed by atoms with Crippen LogP contribution in [-0.4, -0.2) is 16.8 Å². The van der Waals surface area contributed by atoms with Crippen molar-refractivity contribution in [3.05, 3.63) is 131 Å². The summed E-state index contributed by atoms with van der Waals surface area (Å²) in [7, 11) is 0. The first-order chi connectivity index (χ1) is 17.7. The zero-order valence-electron chi connectivity index (χ0n) is 19.7. The number of hydrogen-bond acceptors (Lipinski definition) is 5. The van der Waals surface area contributed by atoms with Gasteiger partial charge in [0.1, 0.15) is 0 Å². The second kappa shape index (κ2) is 9.44. The highest BCUT2D eigenvalue weighted by Gasteiger charge is 2.44. The lowest BCUT2D eigenvalue weighted by atomic mass is 9.91. The molecule has 0 N–H and O–H groups in total. The second-order valence-electron chi connectivity index (χ2n) is 9.21. The fourth-order valence-electron chi connectivity index (χ4n) is 5.34. The van der Waals surface area contributed by atoms with E-state index in [1.165, 1.54) is 5.56 Å². The van der Waals surface area contributed by atoms with Crippen molar-refractivity contribution < 1.29 is 19.1 Å². The van der Waals surface area contributed by atoms with Crippen molar-refractivity contribution in [3.8, 4) is 11.5 Å². The molecule has 6 rings (SSSR count). The molecule has 178 valence electrons. The summed E-state index contributed by atoms with van der Waals surface area (Å²) in [5.74, 6) is -0.452. The van der Waals surface area contributed by atoms with Crippen molar-refractivity contribution in [2.24, 2.45) is 0 Å². The van der Waals surface area contributed by atoms with Gasteiger partial charge in [-0.3, -0.25) is 4.90 Å². The van der Waals surface area contributed by atoms with Gasteiger partial charge >= 0.3 is 11.9 Å². The molecule has 1 fully saturated rings. The van der Waals surface area contributed by atoms with Gasteiger partial charge < -0.3 is 9.47 Å².